The first kappa shape index (κ1) is 15.2. The highest BCUT2D eigenvalue weighted by Crippen LogP contribution is 2.22. The van der Waals surface area contributed by atoms with Crippen molar-refractivity contribution in [1.82, 2.24) is 0 Å². The predicted octanol–water partition coefficient (Wildman–Crippen LogP) is 5.07. The van der Waals surface area contributed by atoms with Crippen LogP contribution in [0, 0.1) is 6.07 Å². The van der Waals surface area contributed by atoms with E-state index in [2.05, 4.69) is 24.3 Å². The van der Waals surface area contributed by atoms with Crippen LogP contribution in [-0.4, -0.2) is 7.11 Å². The van der Waals surface area contributed by atoms with Crippen LogP contribution < -0.4 is 9.47 Å². The lowest BCUT2D eigenvalue weighted by atomic mass is 10.0. The Morgan fingerprint density at radius 3 is 2.30 bits per heavy atom. The maximum absolute atomic E-state index is 5.86. The summed E-state index contributed by atoms with van der Waals surface area (Å²) in [4.78, 5) is 0. The summed E-state index contributed by atoms with van der Waals surface area (Å²) < 4.78 is 11.0. The van der Waals surface area contributed by atoms with Gasteiger partial charge in [-0.3, -0.25) is 0 Å². The molecule has 3 rings (SSSR count). The summed E-state index contributed by atoms with van der Waals surface area (Å²) >= 11 is 0. The zero-order chi connectivity index (χ0) is 15.9. The smallest absolute Gasteiger partial charge is 0.127 e. The minimum absolute atomic E-state index is 0.847. The predicted molar refractivity (Wildman–Crippen MR) is 92.2 cm³/mol. The van der Waals surface area contributed by atoms with Crippen molar-refractivity contribution in [3.63, 3.8) is 0 Å². The molecule has 0 bridgehead atoms. The van der Waals surface area contributed by atoms with Crippen molar-refractivity contribution >= 4 is 0 Å². The first-order valence-corrected chi connectivity index (χ1v) is 7.70. The van der Waals surface area contributed by atoms with Crippen molar-refractivity contribution in [2.24, 2.45) is 0 Å². The van der Waals surface area contributed by atoms with Gasteiger partial charge in [-0.1, -0.05) is 36.4 Å². The van der Waals surface area contributed by atoms with Crippen molar-refractivity contribution in [1.29, 1.82) is 0 Å². The summed E-state index contributed by atoms with van der Waals surface area (Å²) in [5.74, 6) is 2.58. The number of para-hydroxylation sites is 1. The third kappa shape index (κ3) is 4.36. The normalized spacial score (nSPS) is 10.3. The van der Waals surface area contributed by atoms with Crippen molar-refractivity contribution in [2.75, 3.05) is 7.11 Å². The van der Waals surface area contributed by atoms with Crippen LogP contribution in [0.1, 0.15) is 11.1 Å². The van der Waals surface area contributed by atoms with Crippen LogP contribution in [-0.2, 0) is 12.8 Å². The van der Waals surface area contributed by atoms with E-state index in [1.807, 2.05) is 54.6 Å². The van der Waals surface area contributed by atoms with E-state index in [-0.39, 0.29) is 0 Å². The van der Waals surface area contributed by atoms with Crippen molar-refractivity contribution < 1.29 is 9.47 Å². The molecule has 3 aromatic rings. The number of methoxy groups -OCH3 is 1. The van der Waals surface area contributed by atoms with Crippen LogP contribution in [0.25, 0.3) is 0 Å². The van der Waals surface area contributed by atoms with Crippen LogP contribution >= 0.6 is 0 Å². The standard InChI is InChI=1S/C21H19O2/c1-22-19-14-12-17(13-15-19)10-11-18-6-5-9-21(16-18)23-20-7-3-2-4-8-20/h2-5,7-9,12-16H,10-11H2,1H3. The molecule has 2 nitrogen and oxygen atoms in total. The molecule has 1 radical (unpaired) electrons. The lowest BCUT2D eigenvalue weighted by molar-refractivity contribution is 0.414. The lowest BCUT2D eigenvalue weighted by Crippen LogP contribution is -1.93. The van der Waals surface area contributed by atoms with Gasteiger partial charge < -0.3 is 9.47 Å². The largest absolute Gasteiger partial charge is 0.497 e. The Kier molecular flexibility index (Phi) is 4.95. The van der Waals surface area contributed by atoms with Crippen LogP contribution in [0.2, 0.25) is 0 Å². The van der Waals surface area contributed by atoms with E-state index in [1.54, 1.807) is 7.11 Å². The second-order valence-corrected chi connectivity index (χ2v) is 5.31. The fourth-order valence-electron chi connectivity index (χ4n) is 2.40. The Bertz CT molecular complexity index is 733. The molecule has 115 valence electrons. The van der Waals surface area contributed by atoms with Crippen LogP contribution in [0.15, 0.2) is 72.8 Å². The van der Waals surface area contributed by atoms with E-state index in [4.69, 9.17) is 9.47 Å². The summed E-state index contributed by atoms with van der Waals surface area (Å²) in [6.07, 6.45) is 1.90. The van der Waals surface area contributed by atoms with E-state index >= 15 is 0 Å². The van der Waals surface area contributed by atoms with Crippen molar-refractivity contribution in [2.45, 2.75) is 12.8 Å². The molecule has 0 unspecified atom stereocenters. The average Bonchev–Trinajstić information content (AvgIpc) is 2.62. The van der Waals surface area contributed by atoms with Gasteiger partial charge in [-0.25, -0.2) is 0 Å². The molecule has 0 amide bonds. The Hall–Kier alpha value is -2.74. The molecule has 0 aliphatic rings. The van der Waals surface area contributed by atoms with Gasteiger partial charge in [0.25, 0.3) is 0 Å². The summed E-state index contributed by atoms with van der Waals surface area (Å²) in [5, 5.41) is 0. The molecule has 0 saturated carbocycles. The maximum atomic E-state index is 5.86. The monoisotopic (exact) mass is 303 g/mol. The van der Waals surface area contributed by atoms with E-state index in [9.17, 15) is 0 Å². The molecule has 0 aromatic heterocycles. The van der Waals surface area contributed by atoms with E-state index < -0.39 is 0 Å². The zero-order valence-corrected chi connectivity index (χ0v) is 13.2. The maximum Gasteiger partial charge on any atom is 0.127 e. The average molecular weight is 303 g/mol. The third-order valence-corrected chi connectivity index (χ3v) is 3.65. The zero-order valence-electron chi connectivity index (χ0n) is 13.2. The van der Waals surface area contributed by atoms with E-state index in [0.717, 1.165) is 35.7 Å². The lowest BCUT2D eigenvalue weighted by Gasteiger charge is -2.08. The quantitative estimate of drug-likeness (QED) is 0.632. The van der Waals surface area contributed by atoms with Gasteiger partial charge in [0.15, 0.2) is 0 Å². The number of benzene rings is 3. The van der Waals surface area contributed by atoms with Gasteiger partial charge in [0.1, 0.15) is 17.2 Å². The topological polar surface area (TPSA) is 18.5 Å². The first-order valence-electron chi connectivity index (χ1n) is 7.70. The minimum atomic E-state index is 0.847. The van der Waals surface area contributed by atoms with Gasteiger partial charge in [0, 0.05) is 0 Å². The SMILES string of the molecule is COc1ccc(CCc2[c]ccc(Oc3ccccc3)c2)cc1. The molecule has 23 heavy (non-hydrogen) atoms. The Morgan fingerprint density at radius 2 is 1.57 bits per heavy atom. The molecule has 3 aromatic carbocycles. The van der Waals surface area contributed by atoms with Crippen molar-refractivity contribution in [3.8, 4) is 17.2 Å². The molecule has 0 aliphatic heterocycles. The van der Waals surface area contributed by atoms with Gasteiger partial charge in [-0.15, -0.1) is 0 Å². The van der Waals surface area contributed by atoms with E-state index in [0.29, 0.717) is 0 Å². The number of rotatable bonds is 6. The number of aryl methyl sites for hydroxylation is 2. The summed E-state index contributed by atoms with van der Waals surface area (Å²) in [7, 11) is 1.68. The molecule has 2 heteroatoms. The molecule has 0 N–H and O–H groups in total. The van der Waals surface area contributed by atoms with Gasteiger partial charge in [0.2, 0.25) is 0 Å². The fraction of sp³-hybridized carbons (Fsp3) is 0.143. The Balaban J connectivity index is 1.63. The second-order valence-electron chi connectivity index (χ2n) is 5.31. The Labute approximate surface area is 137 Å². The van der Waals surface area contributed by atoms with Crippen LogP contribution in [0.4, 0.5) is 0 Å². The fourth-order valence-corrected chi connectivity index (χ4v) is 2.40. The molecular weight excluding hydrogens is 284 g/mol. The van der Waals surface area contributed by atoms with Gasteiger partial charge in [0.05, 0.1) is 7.11 Å². The summed E-state index contributed by atoms with van der Waals surface area (Å²) in [5.41, 5.74) is 2.43. The highest BCUT2D eigenvalue weighted by atomic mass is 16.5. The molecule has 0 heterocycles. The molecular formula is C21H19O2. The molecule has 0 spiro atoms. The van der Waals surface area contributed by atoms with Crippen LogP contribution in [0.5, 0.6) is 17.2 Å². The Morgan fingerprint density at radius 1 is 0.783 bits per heavy atom. The van der Waals surface area contributed by atoms with Gasteiger partial charge in [-0.05, 0) is 66.4 Å². The number of hydrogen-bond acceptors (Lipinski definition) is 2. The second kappa shape index (κ2) is 7.50. The highest BCUT2D eigenvalue weighted by molar-refractivity contribution is 5.34. The van der Waals surface area contributed by atoms with Gasteiger partial charge >= 0.3 is 0 Å². The molecule has 0 saturated heterocycles. The van der Waals surface area contributed by atoms with E-state index in [1.165, 1.54) is 5.56 Å². The molecule has 0 atom stereocenters. The van der Waals surface area contributed by atoms with Crippen LogP contribution in [0.3, 0.4) is 0 Å². The third-order valence-electron chi connectivity index (χ3n) is 3.65. The number of ether oxygens (including phenoxy) is 2. The summed E-state index contributed by atoms with van der Waals surface area (Å²) in [6, 6.07) is 27.2. The molecule has 0 fully saturated rings. The van der Waals surface area contributed by atoms with Crippen molar-refractivity contribution in [3.05, 3.63) is 90.0 Å². The first-order chi connectivity index (χ1) is 11.3. The van der Waals surface area contributed by atoms with Gasteiger partial charge in [-0.2, -0.15) is 0 Å². The molecule has 0 aliphatic carbocycles. The summed E-state index contributed by atoms with van der Waals surface area (Å²) in [6.45, 7) is 0. The number of hydrogen-bond donors (Lipinski definition) is 0. The minimum Gasteiger partial charge on any atom is -0.497 e. The highest BCUT2D eigenvalue weighted by Gasteiger charge is 2.01.